The molecular weight excluding hydrogens is 232 g/mol. The van der Waals surface area contributed by atoms with E-state index in [1.807, 2.05) is 18.7 Å². The average molecular weight is 258 g/mol. The smallest absolute Gasteiger partial charge is 0.221 e. The van der Waals surface area contributed by atoms with E-state index < -0.39 is 0 Å². The van der Waals surface area contributed by atoms with Crippen molar-refractivity contribution >= 4 is 17.7 Å². The van der Waals surface area contributed by atoms with Crippen molar-refractivity contribution in [1.82, 2.24) is 5.32 Å². The lowest BCUT2D eigenvalue weighted by molar-refractivity contribution is -0.121. The maximum atomic E-state index is 11.7. The van der Waals surface area contributed by atoms with Gasteiger partial charge in [0.25, 0.3) is 0 Å². The van der Waals surface area contributed by atoms with Crippen molar-refractivity contribution in [2.24, 2.45) is 5.73 Å². The number of carbonyl (C=O) groups is 1. The minimum Gasteiger partial charge on any atom is -0.353 e. The highest BCUT2D eigenvalue weighted by Gasteiger charge is 2.15. The molecular formula is C13H26N2OS. The van der Waals surface area contributed by atoms with Gasteiger partial charge >= 0.3 is 0 Å². The van der Waals surface area contributed by atoms with Crippen LogP contribution in [0.1, 0.15) is 51.9 Å². The Bertz CT molecular complexity index is 215. The second kappa shape index (κ2) is 8.81. The van der Waals surface area contributed by atoms with Crippen molar-refractivity contribution in [3.05, 3.63) is 0 Å². The summed E-state index contributed by atoms with van der Waals surface area (Å²) >= 11 is 1.83. The van der Waals surface area contributed by atoms with Crippen molar-refractivity contribution < 1.29 is 4.79 Å². The van der Waals surface area contributed by atoms with Crippen molar-refractivity contribution in [2.45, 2.75) is 64.0 Å². The van der Waals surface area contributed by atoms with Gasteiger partial charge < -0.3 is 11.1 Å². The maximum Gasteiger partial charge on any atom is 0.221 e. The van der Waals surface area contributed by atoms with Gasteiger partial charge in [-0.15, -0.1) is 0 Å². The van der Waals surface area contributed by atoms with Crippen LogP contribution < -0.4 is 11.1 Å². The molecule has 0 aromatic carbocycles. The quantitative estimate of drug-likeness (QED) is 0.689. The Kier molecular flexibility index (Phi) is 7.69. The van der Waals surface area contributed by atoms with Gasteiger partial charge in [-0.25, -0.2) is 0 Å². The largest absolute Gasteiger partial charge is 0.353 e. The molecule has 1 aliphatic carbocycles. The van der Waals surface area contributed by atoms with Crippen LogP contribution in [0, 0.1) is 0 Å². The van der Waals surface area contributed by atoms with Crippen molar-refractivity contribution in [3.8, 4) is 0 Å². The van der Waals surface area contributed by atoms with Crippen LogP contribution >= 0.6 is 11.8 Å². The molecule has 3 nitrogen and oxygen atoms in total. The number of hydrogen-bond acceptors (Lipinski definition) is 3. The Labute approximate surface area is 109 Å². The van der Waals surface area contributed by atoms with Gasteiger partial charge in [-0.05, 0) is 31.9 Å². The van der Waals surface area contributed by atoms with Crippen LogP contribution in [0.15, 0.2) is 0 Å². The Morgan fingerprint density at radius 1 is 1.35 bits per heavy atom. The summed E-state index contributed by atoms with van der Waals surface area (Å²) < 4.78 is 0. The molecule has 0 aromatic rings. The fourth-order valence-corrected chi connectivity index (χ4v) is 3.16. The van der Waals surface area contributed by atoms with E-state index in [0.29, 0.717) is 12.5 Å². The fourth-order valence-electron chi connectivity index (χ4n) is 2.08. The van der Waals surface area contributed by atoms with E-state index in [1.165, 1.54) is 32.1 Å². The van der Waals surface area contributed by atoms with E-state index in [9.17, 15) is 4.79 Å². The van der Waals surface area contributed by atoms with Crippen LogP contribution in [0.3, 0.4) is 0 Å². The van der Waals surface area contributed by atoms with E-state index in [1.54, 1.807) is 0 Å². The zero-order valence-corrected chi connectivity index (χ0v) is 11.7. The molecule has 100 valence electrons. The predicted molar refractivity (Wildman–Crippen MR) is 75.2 cm³/mol. The third kappa shape index (κ3) is 7.66. The van der Waals surface area contributed by atoms with Gasteiger partial charge in [-0.1, -0.05) is 19.3 Å². The Morgan fingerprint density at radius 3 is 2.71 bits per heavy atom. The lowest BCUT2D eigenvalue weighted by Gasteiger charge is -2.22. The van der Waals surface area contributed by atoms with Crippen LogP contribution in [0.25, 0.3) is 0 Å². The van der Waals surface area contributed by atoms with Crippen LogP contribution in [-0.4, -0.2) is 29.5 Å². The van der Waals surface area contributed by atoms with E-state index in [0.717, 1.165) is 17.9 Å². The zero-order chi connectivity index (χ0) is 12.5. The minimum atomic E-state index is 0.227. The SMILES string of the molecule is CC(N)CCSCCC(=O)NC1CCCCC1. The van der Waals surface area contributed by atoms with E-state index in [4.69, 9.17) is 5.73 Å². The number of amides is 1. The number of carbonyl (C=O) groups excluding carboxylic acids is 1. The first-order valence-corrected chi connectivity index (χ1v) is 7.96. The topological polar surface area (TPSA) is 55.1 Å². The van der Waals surface area contributed by atoms with Gasteiger partial charge in [0.05, 0.1) is 0 Å². The number of hydrogen-bond donors (Lipinski definition) is 2. The van der Waals surface area contributed by atoms with Crippen LogP contribution in [-0.2, 0) is 4.79 Å². The van der Waals surface area contributed by atoms with E-state index >= 15 is 0 Å². The van der Waals surface area contributed by atoms with E-state index in [-0.39, 0.29) is 11.9 Å². The standard InChI is InChI=1S/C13H26N2OS/c1-11(14)7-9-17-10-8-13(16)15-12-5-3-2-4-6-12/h11-12H,2-10,14H2,1H3,(H,15,16). The zero-order valence-electron chi connectivity index (χ0n) is 10.9. The molecule has 3 N–H and O–H groups in total. The monoisotopic (exact) mass is 258 g/mol. The molecule has 1 atom stereocenters. The molecule has 17 heavy (non-hydrogen) atoms. The molecule has 0 spiro atoms. The highest BCUT2D eigenvalue weighted by atomic mass is 32.2. The van der Waals surface area contributed by atoms with Gasteiger partial charge in [0.2, 0.25) is 5.91 Å². The Balaban J connectivity index is 1.97. The summed E-state index contributed by atoms with van der Waals surface area (Å²) in [5, 5.41) is 3.14. The summed E-state index contributed by atoms with van der Waals surface area (Å²) in [5.74, 6) is 2.21. The summed E-state index contributed by atoms with van der Waals surface area (Å²) in [4.78, 5) is 11.7. The normalized spacial score (nSPS) is 18.9. The summed E-state index contributed by atoms with van der Waals surface area (Å²) in [6.45, 7) is 2.02. The summed E-state index contributed by atoms with van der Waals surface area (Å²) in [5.41, 5.74) is 5.67. The maximum absolute atomic E-state index is 11.7. The first-order valence-electron chi connectivity index (χ1n) is 6.81. The first kappa shape index (κ1) is 14.8. The summed E-state index contributed by atoms with van der Waals surface area (Å²) in [6, 6.07) is 0.726. The number of nitrogens with one attached hydrogen (secondary N) is 1. The molecule has 1 aliphatic rings. The van der Waals surface area contributed by atoms with Crippen molar-refractivity contribution in [1.29, 1.82) is 0 Å². The first-order chi connectivity index (χ1) is 8.18. The van der Waals surface area contributed by atoms with Crippen LogP contribution in [0.2, 0.25) is 0 Å². The lowest BCUT2D eigenvalue weighted by atomic mass is 9.95. The third-order valence-corrected chi connectivity index (χ3v) is 4.18. The molecule has 1 unspecified atom stereocenters. The predicted octanol–water partition coefficient (Wildman–Crippen LogP) is 2.30. The second-order valence-electron chi connectivity index (χ2n) is 5.03. The molecule has 1 saturated carbocycles. The molecule has 1 fully saturated rings. The molecule has 1 rings (SSSR count). The summed E-state index contributed by atoms with van der Waals surface area (Å²) in [6.07, 6.45) is 7.91. The number of nitrogens with two attached hydrogens (primary N) is 1. The highest BCUT2D eigenvalue weighted by Crippen LogP contribution is 2.17. The van der Waals surface area contributed by atoms with Gasteiger partial charge in [-0.2, -0.15) is 11.8 Å². The number of thioether (sulfide) groups is 1. The van der Waals surface area contributed by atoms with Gasteiger partial charge in [-0.3, -0.25) is 4.79 Å². The molecule has 0 bridgehead atoms. The lowest BCUT2D eigenvalue weighted by Crippen LogP contribution is -2.36. The van der Waals surface area contributed by atoms with Gasteiger partial charge in [0.1, 0.15) is 0 Å². The third-order valence-electron chi connectivity index (χ3n) is 3.16. The molecule has 0 heterocycles. The van der Waals surface area contributed by atoms with Gasteiger partial charge in [0.15, 0.2) is 0 Å². The van der Waals surface area contributed by atoms with Crippen LogP contribution in [0.5, 0.6) is 0 Å². The average Bonchev–Trinajstić information content (AvgIpc) is 2.29. The molecule has 0 aromatic heterocycles. The molecule has 4 heteroatoms. The molecule has 0 aliphatic heterocycles. The van der Waals surface area contributed by atoms with Crippen molar-refractivity contribution in [2.75, 3.05) is 11.5 Å². The Hall–Kier alpha value is -0.220. The molecule has 0 radical (unpaired) electrons. The minimum absolute atomic E-state index is 0.227. The summed E-state index contributed by atoms with van der Waals surface area (Å²) in [7, 11) is 0. The van der Waals surface area contributed by atoms with Crippen molar-refractivity contribution in [3.63, 3.8) is 0 Å². The van der Waals surface area contributed by atoms with Gasteiger partial charge in [0, 0.05) is 24.3 Å². The Morgan fingerprint density at radius 2 is 2.06 bits per heavy atom. The van der Waals surface area contributed by atoms with Crippen LogP contribution in [0.4, 0.5) is 0 Å². The highest BCUT2D eigenvalue weighted by molar-refractivity contribution is 7.99. The number of rotatable bonds is 7. The molecule has 0 saturated heterocycles. The second-order valence-corrected chi connectivity index (χ2v) is 6.26. The molecule has 1 amide bonds. The van der Waals surface area contributed by atoms with E-state index in [2.05, 4.69) is 5.32 Å². The fraction of sp³-hybridized carbons (Fsp3) is 0.923.